The highest BCUT2D eigenvalue weighted by atomic mass is 16.5. The van der Waals surface area contributed by atoms with Crippen molar-refractivity contribution in [2.75, 3.05) is 7.11 Å². The van der Waals surface area contributed by atoms with E-state index in [-0.39, 0.29) is 5.78 Å². The van der Waals surface area contributed by atoms with Gasteiger partial charge < -0.3 is 4.74 Å². The Kier molecular flexibility index (Phi) is 4.51. The molecule has 0 spiro atoms. The van der Waals surface area contributed by atoms with Crippen molar-refractivity contribution < 1.29 is 9.53 Å². The minimum absolute atomic E-state index is 0.0917. The zero-order valence-corrected chi connectivity index (χ0v) is 10.9. The standard InChI is InChI=1S/C17H16O2/c1-19-17-9-5-8-15(13-17)10-11-16(18)12-14-6-3-2-4-7-14/h2-11,13H,12H2,1H3/b11-10+. The topological polar surface area (TPSA) is 26.3 Å². The normalized spacial score (nSPS) is 10.6. The molecule has 0 aromatic heterocycles. The fraction of sp³-hybridized carbons (Fsp3) is 0.118. The lowest BCUT2D eigenvalue weighted by atomic mass is 10.1. The third kappa shape index (κ3) is 4.11. The molecule has 2 rings (SSSR count). The molecule has 0 bridgehead atoms. The number of ether oxygens (including phenoxy) is 1. The van der Waals surface area contributed by atoms with Crippen molar-refractivity contribution in [3.63, 3.8) is 0 Å². The van der Waals surface area contributed by atoms with Crippen LogP contribution in [0.15, 0.2) is 60.7 Å². The second kappa shape index (κ2) is 6.55. The fourth-order valence-electron chi connectivity index (χ4n) is 1.79. The van der Waals surface area contributed by atoms with E-state index in [1.807, 2.05) is 60.7 Å². The van der Waals surface area contributed by atoms with Gasteiger partial charge in [0.1, 0.15) is 5.75 Å². The number of rotatable bonds is 5. The Morgan fingerprint density at radius 3 is 2.63 bits per heavy atom. The van der Waals surface area contributed by atoms with E-state index in [0.717, 1.165) is 16.9 Å². The van der Waals surface area contributed by atoms with Crippen LogP contribution in [0.4, 0.5) is 0 Å². The summed E-state index contributed by atoms with van der Waals surface area (Å²) >= 11 is 0. The largest absolute Gasteiger partial charge is 0.497 e. The van der Waals surface area contributed by atoms with Crippen LogP contribution in [-0.4, -0.2) is 12.9 Å². The van der Waals surface area contributed by atoms with Crippen LogP contribution in [-0.2, 0) is 11.2 Å². The van der Waals surface area contributed by atoms with Gasteiger partial charge in [0.25, 0.3) is 0 Å². The molecule has 0 aliphatic carbocycles. The van der Waals surface area contributed by atoms with Crippen molar-refractivity contribution in [1.82, 2.24) is 0 Å². The zero-order valence-electron chi connectivity index (χ0n) is 10.9. The monoisotopic (exact) mass is 252 g/mol. The molecule has 2 heteroatoms. The van der Waals surface area contributed by atoms with Crippen molar-refractivity contribution in [3.8, 4) is 5.75 Å². The molecule has 0 unspecified atom stereocenters. The molecule has 0 fully saturated rings. The van der Waals surface area contributed by atoms with Gasteiger partial charge in [-0.05, 0) is 29.3 Å². The highest BCUT2D eigenvalue weighted by molar-refractivity contribution is 5.95. The van der Waals surface area contributed by atoms with Crippen molar-refractivity contribution in [3.05, 3.63) is 71.8 Å². The molecule has 0 radical (unpaired) electrons. The van der Waals surface area contributed by atoms with E-state index in [1.165, 1.54) is 0 Å². The van der Waals surface area contributed by atoms with Gasteiger partial charge in [-0.2, -0.15) is 0 Å². The molecule has 2 aromatic carbocycles. The third-order valence-electron chi connectivity index (χ3n) is 2.78. The summed E-state index contributed by atoms with van der Waals surface area (Å²) in [5, 5.41) is 0. The first-order valence-corrected chi connectivity index (χ1v) is 6.17. The predicted molar refractivity (Wildman–Crippen MR) is 77.2 cm³/mol. The van der Waals surface area contributed by atoms with Gasteiger partial charge in [0.2, 0.25) is 0 Å². The van der Waals surface area contributed by atoms with Gasteiger partial charge in [-0.15, -0.1) is 0 Å². The van der Waals surface area contributed by atoms with Crippen LogP contribution >= 0.6 is 0 Å². The number of carbonyl (C=O) groups excluding carboxylic acids is 1. The van der Waals surface area contributed by atoms with Gasteiger partial charge in [0, 0.05) is 6.42 Å². The SMILES string of the molecule is COc1cccc(/C=C/C(=O)Cc2ccccc2)c1. The van der Waals surface area contributed by atoms with E-state index < -0.39 is 0 Å². The van der Waals surface area contributed by atoms with E-state index >= 15 is 0 Å². The van der Waals surface area contributed by atoms with Gasteiger partial charge in [-0.1, -0.05) is 48.5 Å². The summed E-state index contributed by atoms with van der Waals surface area (Å²) < 4.78 is 5.14. The molecule has 0 aliphatic heterocycles. The number of ketones is 1. The fourth-order valence-corrected chi connectivity index (χ4v) is 1.79. The highest BCUT2D eigenvalue weighted by Crippen LogP contribution is 2.13. The van der Waals surface area contributed by atoms with Crippen molar-refractivity contribution in [2.45, 2.75) is 6.42 Å². The smallest absolute Gasteiger partial charge is 0.160 e. The van der Waals surface area contributed by atoms with E-state index in [2.05, 4.69) is 0 Å². The predicted octanol–water partition coefficient (Wildman–Crippen LogP) is 3.52. The molecule has 96 valence electrons. The highest BCUT2D eigenvalue weighted by Gasteiger charge is 1.99. The van der Waals surface area contributed by atoms with Gasteiger partial charge in [-0.25, -0.2) is 0 Å². The van der Waals surface area contributed by atoms with Crippen LogP contribution < -0.4 is 4.74 Å². The van der Waals surface area contributed by atoms with Crippen LogP contribution in [0.2, 0.25) is 0 Å². The van der Waals surface area contributed by atoms with Gasteiger partial charge >= 0.3 is 0 Å². The minimum atomic E-state index is 0.0917. The lowest BCUT2D eigenvalue weighted by molar-refractivity contribution is -0.113. The Morgan fingerprint density at radius 1 is 1.11 bits per heavy atom. The number of benzene rings is 2. The number of allylic oxidation sites excluding steroid dienone is 1. The maximum atomic E-state index is 11.8. The number of hydrogen-bond donors (Lipinski definition) is 0. The number of methoxy groups -OCH3 is 1. The average molecular weight is 252 g/mol. The summed E-state index contributed by atoms with van der Waals surface area (Å²) in [5.41, 5.74) is 1.99. The third-order valence-corrected chi connectivity index (χ3v) is 2.78. The van der Waals surface area contributed by atoms with Crippen LogP contribution in [0, 0.1) is 0 Å². The minimum Gasteiger partial charge on any atom is -0.497 e. The van der Waals surface area contributed by atoms with Crippen LogP contribution in [0.1, 0.15) is 11.1 Å². The average Bonchev–Trinajstić information content (AvgIpc) is 2.46. The van der Waals surface area contributed by atoms with E-state index in [9.17, 15) is 4.79 Å². The van der Waals surface area contributed by atoms with Crippen LogP contribution in [0.3, 0.4) is 0 Å². The van der Waals surface area contributed by atoms with Crippen molar-refractivity contribution in [1.29, 1.82) is 0 Å². The van der Waals surface area contributed by atoms with Crippen molar-refractivity contribution in [2.24, 2.45) is 0 Å². The molecule has 0 heterocycles. The molecule has 0 amide bonds. The first-order chi connectivity index (χ1) is 9.28. The molecule has 0 N–H and O–H groups in total. The maximum Gasteiger partial charge on any atom is 0.160 e. The van der Waals surface area contributed by atoms with Crippen LogP contribution in [0.25, 0.3) is 6.08 Å². The molecule has 0 aliphatic rings. The molecule has 0 saturated carbocycles. The Morgan fingerprint density at radius 2 is 1.89 bits per heavy atom. The number of hydrogen-bond acceptors (Lipinski definition) is 2. The molecule has 2 nitrogen and oxygen atoms in total. The first-order valence-electron chi connectivity index (χ1n) is 6.17. The zero-order chi connectivity index (χ0) is 13.5. The van der Waals surface area contributed by atoms with Gasteiger partial charge in [-0.3, -0.25) is 4.79 Å². The Hall–Kier alpha value is -2.35. The summed E-state index contributed by atoms with van der Waals surface area (Å²) in [6.45, 7) is 0. The first kappa shape index (κ1) is 13.1. The molecular formula is C17H16O2. The molecule has 0 atom stereocenters. The van der Waals surface area contributed by atoms with Crippen molar-refractivity contribution >= 4 is 11.9 Å². The van der Waals surface area contributed by atoms with E-state index in [4.69, 9.17) is 4.74 Å². The summed E-state index contributed by atoms with van der Waals surface area (Å²) in [6.07, 6.45) is 3.86. The molecule has 19 heavy (non-hydrogen) atoms. The lowest BCUT2D eigenvalue weighted by Crippen LogP contribution is -1.97. The summed E-state index contributed by atoms with van der Waals surface area (Å²) in [4.78, 5) is 11.8. The van der Waals surface area contributed by atoms with Crippen LogP contribution in [0.5, 0.6) is 5.75 Å². The Bertz CT molecular complexity index is 571. The Balaban J connectivity index is 2.00. The van der Waals surface area contributed by atoms with E-state index in [0.29, 0.717) is 6.42 Å². The summed E-state index contributed by atoms with van der Waals surface area (Å²) in [6, 6.07) is 17.3. The molecule has 2 aromatic rings. The van der Waals surface area contributed by atoms with E-state index in [1.54, 1.807) is 13.2 Å². The second-order valence-electron chi connectivity index (χ2n) is 4.24. The summed E-state index contributed by atoms with van der Waals surface area (Å²) in [7, 11) is 1.63. The van der Waals surface area contributed by atoms with Gasteiger partial charge in [0.15, 0.2) is 5.78 Å². The number of carbonyl (C=O) groups is 1. The molecular weight excluding hydrogens is 236 g/mol. The lowest BCUT2D eigenvalue weighted by Gasteiger charge is -2.00. The quantitative estimate of drug-likeness (QED) is 0.761. The second-order valence-corrected chi connectivity index (χ2v) is 4.24. The molecule has 0 saturated heterocycles. The maximum absolute atomic E-state index is 11.8. The Labute approximate surface area is 113 Å². The summed E-state index contributed by atoms with van der Waals surface area (Å²) in [5.74, 6) is 0.881. The van der Waals surface area contributed by atoms with Gasteiger partial charge in [0.05, 0.1) is 7.11 Å².